The Morgan fingerprint density at radius 2 is 1.52 bits per heavy atom. The van der Waals surface area contributed by atoms with Crippen LogP contribution < -0.4 is 0 Å². The first kappa shape index (κ1) is 16.4. The molecular formula is C23H26O2. The van der Waals surface area contributed by atoms with E-state index in [0.717, 1.165) is 34.8 Å². The van der Waals surface area contributed by atoms with E-state index >= 15 is 0 Å². The SMILES string of the molecule is CC(/C=C/c1ccc(C=C2C3CC4CC(C3)CC2C4)cc1)=C\C(=O)O. The first-order chi connectivity index (χ1) is 12.1. The highest BCUT2D eigenvalue weighted by molar-refractivity contribution is 5.81. The van der Waals surface area contributed by atoms with Gasteiger partial charge in [-0.2, -0.15) is 0 Å². The summed E-state index contributed by atoms with van der Waals surface area (Å²) in [5, 5.41) is 8.74. The molecule has 2 nitrogen and oxygen atoms in total. The number of hydrogen-bond donors (Lipinski definition) is 1. The molecule has 130 valence electrons. The van der Waals surface area contributed by atoms with Crippen LogP contribution in [0.3, 0.4) is 0 Å². The normalized spacial score (nSPS) is 30.9. The van der Waals surface area contributed by atoms with Gasteiger partial charge >= 0.3 is 5.97 Å². The van der Waals surface area contributed by atoms with Crippen molar-refractivity contribution in [2.75, 3.05) is 0 Å². The fourth-order valence-corrected chi connectivity index (χ4v) is 5.33. The predicted octanol–water partition coefficient (Wildman–Crippen LogP) is 5.57. The third-order valence-electron chi connectivity index (χ3n) is 6.24. The first-order valence-electron chi connectivity index (χ1n) is 9.47. The molecule has 1 N–H and O–H groups in total. The van der Waals surface area contributed by atoms with Crippen molar-refractivity contribution >= 4 is 18.1 Å². The van der Waals surface area contributed by atoms with Crippen LogP contribution in [0.5, 0.6) is 0 Å². The Morgan fingerprint density at radius 3 is 2.08 bits per heavy atom. The topological polar surface area (TPSA) is 37.3 Å². The molecule has 2 heteroatoms. The summed E-state index contributed by atoms with van der Waals surface area (Å²) in [7, 11) is 0. The van der Waals surface area contributed by atoms with Crippen LogP contribution in [0.15, 0.2) is 47.6 Å². The van der Waals surface area contributed by atoms with E-state index in [4.69, 9.17) is 5.11 Å². The zero-order valence-corrected chi connectivity index (χ0v) is 14.8. The molecule has 4 bridgehead atoms. The van der Waals surface area contributed by atoms with Crippen LogP contribution in [0, 0.1) is 23.7 Å². The van der Waals surface area contributed by atoms with Crippen molar-refractivity contribution in [3.8, 4) is 0 Å². The number of benzene rings is 1. The zero-order chi connectivity index (χ0) is 17.4. The quantitative estimate of drug-likeness (QED) is 0.577. The van der Waals surface area contributed by atoms with E-state index < -0.39 is 5.97 Å². The maximum atomic E-state index is 10.6. The summed E-state index contributed by atoms with van der Waals surface area (Å²) >= 11 is 0. The van der Waals surface area contributed by atoms with Crippen molar-refractivity contribution in [2.24, 2.45) is 23.7 Å². The van der Waals surface area contributed by atoms with Crippen molar-refractivity contribution in [3.05, 3.63) is 58.7 Å². The first-order valence-corrected chi connectivity index (χ1v) is 9.47. The lowest BCUT2D eigenvalue weighted by molar-refractivity contribution is -0.131. The minimum atomic E-state index is -0.903. The highest BCUT2D eigenvalue weighted by Gasteiger charge is 2.44. The zero-order valence-electron chi connectivity index (χ0n) is 14.8. The molecule has 0 amide bonds. The van der Waals surface area contributed by atoms with Gasteiger partial charge in [0, 0.05) is 6.08 Å². The van der Waals surface area contributed by atoms with Crippen molar-refractivity contribution < 1.29 is 9.90 Å². The van der Waals surface area contributed by atoms with Crippen LogP contribution in [0.4, 0.5) is 0 Å². The molecule has 1 aromatic carbocycles. The van der Waals surface area contributed by atoms with Crippen LogP contribution in [0.2, 0.25) is 0 Å². The van der Waals surface area contributed by atoms with Crippen LogP contribution in [0.1, 0.15) is 50.2 Å². The van der Waals surface area contributed by atoms with E-state index in [1.54, 1.807) is 12.5 Å². The lowest BCUT2D eigenvalue weighted by Crippen LogP contribution is -2.40. The van der Waals surface area contributed by atoms with Gasteiger partial charge in [-0.25, -0.2) is 4.79 Å². The minimum Gasteiger partial charge on any atom is -0.478 e. The molecule has 4 aliphatic rings. The lowest BCUT2D eigenvalue weighted by Gasteiger charge is -2.51. The summed E-state index contributed by atoms with van der Waals surface area (Å²) in [6, 6.07) is 8.61. The van der Waals surface area contributed by atoms with Crippen molar-refractivity contribution in [3.63, 3.8) is 0 Å². The Hall–Kier alpha value is -2.09. The monoisotopic (exact) mass is 334 g/mol. The van der Waals surface area contributed by atoms with E-state index in [-0.39, 0.29) is 0 Å². The number of rotatable bonds is 4. The van der Waals surface area contributed by atoms with Gasteiger partial charge in [-0.05, 0) is 79.4 Å². The third kappa shape index (κ3) is 3.63. The molecule has 4 aliphatic carbocycles. The van der Waals surface area contributed by atoms with E-state index in [1.807, 2.05) is 12.2 Å². The Labute approximate surface area is 150 Å². The second kappa shape index (κ2) is 6.67. The van der Waals surface area contributed by atoms with Gasteiger partial charge in [0.1, 0.15) is 0 Å². The third-order valence-corrected chi connectivity index (χ3v) is 6.24. The second-order valence-electron chi connectivity index (χ2n) is 8.18. The molecule has 0 heterocycles. The second-order valence-corrected chi connectivity index (χ2v) is 8.18. The standard InChI is InChI=1S/C23H26O2/c1-15(8-23(24)25)2-3-16-4-6-17(7-5-16)14-22-20-10-18-9-19(12-20)13-21(22)11-18/h2-8,14,18-21H,9-13H2,1H3,(H,24,25)/b3-2+,15-8+,22-14?. The van der Waals surface area contributed by atoms with Crippen molar-refractivity contribution in [1.82, 2.24) is 0 Å². The summed E-state index contributed by atoms with van der Waals surface area (Å²) in [5.41, 5.74) is 4.87. The molecule has 1 aromatic rings. The highest BCUT2D eigenvalue weighted by Crippen LogP contribution is 2.56. The maximum Gasteiger partial charge on any atom is 0.328 e. The average molecular weight is 334 g/mol. The van der Waals surface area contributed by atoms with Gasteiger partial charge in [0.05, 0.1) is 0 Å². The average Bonchev–Trinajstić information content (AvgIpc) is 2.56. The fraction of sp³-hybridized carbons (Fsp3) is 0.435. The smallest absolute Gasteiger partial charge is 0.328 e. The van der Waals surface area contributed by atoms with E-state index in [2.05, 4.69) is 30.3 Å². The molecule has 0 unspecified atom stereocenters. The van der Waals surface area contributed by atoms with Crippen LogP contribution >= 0.6 is 0 Å². The summed E-state index contributed by atoms with van der Waals surface area (Å²) in [5.74, 6) is 2.81. The highest BCUT2D eigenvalue weighted by atomic mass is 16.4. The Morgan fingerprint density at radius 1 is 0.960 bits per heavy atom. The summed E-state index contributed by atoms with van der Waals surface area (Å²) < 4.78 is 0. The van der Waals surface area contributed by atoms with Crippen molar-refractivity contribution in [1.29, 1.82) is 0 Å². The number of carboxylic acids is 1. The molecule has 25 heavy (non-hydrogen) atoms. The largest absolute Gasteiger partial charge is 0.478 e. The number of hydrogen-bond acceptors (Lipinski definition) is 1. The lowest BCUT2D eigenvalue weighted by atomic mass is 9.54. The summed E-state index contributed by atoms with van der Waals surface area (Å²) in [6.07, 6.45) is 14.7. The number of carbonyl (C=O) groups is 1. The van der Waals surface area contributed by atoms with E-state index in [9.17, 15) is 4.79 Å². The number of allylic oxidation sites excluding steroid dienone is 3. The minimum absolute atomic E-state index is 0.743. The van der Waals surface area contributed by atoms with E-state index in [0.29, 0.717) is 0 Å². The van der Waals surface area contributed by atoms with Gasteiger partial charge in [0.2, 0.25) is 0 Å². The van der Waals surface area contributed by atoms with Crippen molar-refractivity contribution in [2.45, 2.75) is 39.0 Å². The molecule has 0 aliphatic heterocycles. The van der Waals surface area contributed by atoms with Crippen LogP contribution in [0.25, 0.3) is 12.2 Å². The molecule has 5 rings (SSSR count). The summed E-state index contributed by atoms with van der Waals surface area (Å²) in [4.78, 5) is 10.6. The molecule has 0 aromatic heterocycles. The Balaban J connectivity index is 1.48. The molecule has 0 radical (unpaired) electrons. The Bertz CT molecular complexity index is 719. The maximum absolute atomic E-state index is 10.6. The fourth-order valence-electron chi connectivity index (χ4n) is 5.33. The predicted molar refractivity (Wildman–Crippen MR) is 102 cm³/mol. The van der Waals surface area contributed by atoms with Gasteiger partial charge < -0.3 is 5.11 Å². The van der Waals surface area contributed by atoms with Gasteiger partial charge in [-0.1, -0.05) is 48.1 Å². The van der Waals surface area contributed by atoms with Crippen LogP contribution in [-0.2, 0) is 4.79 Å². The molecule has 0 spiro atoms. The molecular weight excluding hydrogens is 308 g/mol. The van der Waals surface area contributed by atoms with Gasteiger partial charge in [-0.3, -0.25) is 0 Å². The molecule has 4 fully saturated rings. The molecule has 0 atom stereocenters. The number of carboxylic acid groups (broad SMARTS) is 1. The van der Waals surface area contributed by atoms with Gasteiger partial charge in [-0.15, -0.1) is 0 Å². The molecule has 0 saturated heterocycles. The summed E-state index contributed by atoms with van der Waals surface area (Å²) in [6.45, 7) is 1.80. The van der Waals surface area contributed by atoms with Gasteiger partial charge in [0.25, 0.3) is 0 Å². The Kier molecular flexibility index (Phi) is 4.37. The molecule has 4 saturated carbocycles. The number of aliphatic carboxylic acids is 1. The van der Waals surface area contributed by atoms with E-state index in [1.165, 1.54) is 43.7 Å². The van der Waals surface area contributed by atoms with Crippen LogP contribution in [-0.4, -0.2) is 11.1 Å². The van der Waals surface area contributed by atoms with Gasteiger partial charge in [0.15, 0.2) is 0 Å².